The lowest BCUT2D eigenvalue weighted by Gasteiger charge is -2.05. The van der Waals surface area contributed by atoms with E-state index in [1.54, 1.807) is 0 Å². The molecule has 0 bridgehead atoms. The number of hydrogen-bond acceptors (Lipinski definition) is 3. The van der Waals surface area contributed by atoms with Gasteiger partial charge >= 0.3 is 0 Å². The fraction of sp³-hybridized carbons (Fsp3) is 0.462. The number of nitrogens with zero attached hydrogens (tertiary/aromatic N) is 1. The van der Waals surface area contributed by atoms with E-state index in [2.05, 4.69) is 11.4 Å². The van der Waals surface area contributed by atoms with E-state index in [-0.39, 0.29) is 6.61 Å². The third-order valence-electron chi connectivity index (χ3n) is 2.40. The van der Waals surface area contributed by atoms with E-state index in [1.807, 2.05) is 24.3 Å². The van der Waals surface area contributed by atoms with Gasteiger partial charge in [-0.05, 0) is 30.5 Å². The number of aliphatic hydroxyl groups is 1. The van der Waals surface area contributed by atoms with Gasteiger partial charge in [-0.3, -0.25) is 0 Å². The lowest BCUT2D eigenvalue weighted by atomic mass is 10.1. The Labute approximate surface area is 96.7 Å². The highest BCUT2D eigenvalue weighted by Gasteiger charge is 1.95. The zero-order valence-electron chi connectivity index (χ0n) is 9.45. The highest BCUT2D eigenvalue weighted by Crippen LogP contribution is 2.04. The molecule has 1 aromatic carbocycles. The number of nitriles is 1. The maximum absolute atomic E-state index is 8.98. The zero-order valence-corrected chi connectivity index (χ0v) is 9.45. The molecule has 0 heterocycles. The SMILES string of the molecule is N#CCCCCNCc1cccc(CO)c1. The lowest BCUT2D eigenvalue weighted by molar-refractivity contribution is 0.281. The Hall–Kier alpha value is -1.37. The standard InChI is InChI=1S/C13H18N2O/c14-7-2-1-3-8-15-10-12-5-4-6-13(9-12)11-16/h4-6,9,15-16H,1-3,8,10-11H2. The molecule has 0 fully saturated rings. The van der Waals surface area contributed by atoms with Gasteiger partial charge < -0.3 is 10.4 Å². The molecule has 3 heteroatoms. The minimum Gasteiger partial charge on any atom is -0.392 e. The van der Waals surface area contributed by atoms with Gasteiger partial charge in [-0.2, -0.15) is 5.26 Å². The Bertz CT molecular complexity index is 344. The highest BCUT2D eigenvalue weighted by atomic mass is 16.3. The van der Waals surface area contributed by atoms with Gasteiger partial charge in [0.15, 0.2) is 0 Å². The minimum atomic E-state index is 0.0933. The van der Waals surface area contributed by atoms with Crippen molar-refractivity contribution in [2.75, 3.05) is 6.54 Å². The summed E-state index contributed by atoms with van der Waals surface area (Å²) < 4.78 is 0. The predicted octanol–water partition coefficient (Wildman–Crippen LogP) is 1.96. The summed E-state index contributed by atoms with van der Waals surface area (Å²) in [6.45, 7) is 1.85. The third-order valence-corrected chi connectivity index (χ3v) is 2.40. The average molecular weight is 218 g/mol. The van der Waals surface area contributed by atoms with Crippen molar-refractivity contribution >= 4 is 0 Å². The number of unbranched alkanes of at least 4 members (excludes halogenated alkanes) is 2. The van der Waals surface area contributed by atoms with Crippen molar-refractivity contribution in [2.45, 2.75) is 32.4 Å². The molecule has 1 aromatic rings. The summed E-state index contributed by atoms with van der Waals surface area (Å²) in [4.78, 5) is 0. The normalized spacial score (nSPS) is 10.0. The Kier molecular flexibility index (Phi) is 6.24. The highest BCUT2D eigenvalue weighted by molar-refractivity contribution is 5.22. The van der Waals surface area contributed by atoms with Gasteiger partial charge in [0.25, 0.3) is 0 Å². The summed E-state index contributed by atoms with van der Waals surface area (Å²) in [5, 5.41) is 20.7. The Morgan fingerprint density at radius 3 is 2.81 bits per heavy atom. The monoisotopic (exact) mass is 218 g/mol. The summed E-state index contributed by atoms with van der Waals surface area (Å²) in [6.07, 6.45) is 2.63. The second-order valence-electron chi connectivity index (χ2n) is 3.77. The zero-order chi connectivity index (χ0) is 11.6. The largest absolute Gasteiger partial charge is 0.392 e. The minimum absolute atomic E-state index is 0.0933. The topological polar surface area (TPSA) is 56.0 Å². The van der Waals surface area contributed by atoms with E-state index < -0.39 is 0 Å². The molecule has 0 spiro atoms. The van der Waals surface area contributed by atoms with Crippen molar-refractivity contribution in [3.05, 3.63) is 35.4 Å². The molecule has 0 radical (unpaired) electrons. The molecule has 0 saturated carbocycles. The number of hydrogen-bond donors (Lipinski definition) is 2. The number of nitrogens with one attached hydrogen (secondary N) is 1. The van der Waals surface area contributed by atoms with Crippen molar-refractivity contribution < 1.29 is 5.11 Å². The van der Waals surface area contributed by atoms with E-state index in [4.69, 9.17) is 10.4 Å². The molecule has 1 rings (SSSR count). The summed E-state index contributed by atoms with van der Waals surface area (Å²) in [6, 6.07) is 10.1. The van der Waals surface area contributed by atoms with E-state index in [0.29, 0.717) is 6.42 Å². The van der Waals surface area contributed by atoms with Gasteiger partial charge in [0.1, 0.15) is 0 Å². The van der Waals surface area contributed by atoms with Gasteiger partial charge in [0.05, 0.1) is 12.7 Å². The van der Waals surface area contributed by atoms with E-state index in [1.165, 1.54) is 5.56 Å². The molecule has 0 amide bonds. The van der Waals surface area contributed by atoms with Crippen LogP contribution in [0.1, 0.15) is 30.4 Å². The molecule has 0 saturated heterocycles. The van der Waals surface area contributed by atoms with Crippen LogP contribution in [0.2, 0.25) is 0 Å². The fourth-order valence-corrected chi connectivity index (χ4v) is 1.52. The lowest BCUT2D eigenvalue weighted by Crippen LogP contribution is -2.14. The second kappa shape index (κ2) is 7.86. The summed E-state index contributed by atoms with van der Waals surface area (Å²) in [7, 11) is 0. The fourth-order valence-electron chi connectivity index (χ4n) is 1.52. The molecule has 86 valence electrons. The summed E-state index contributed by atoms with van der Waals surface area (Å²) >= 11 is 0. The maximum Gasteiger partial charge on any atom is 0.0681 e. The Morgan fingerprint density at radius 1 is 1.25 bits per heavy atom. The van der Waals surface area contributed by atoms with Crippen molar-refractivity contribution in [2.24, 2.45) is 0 Å². The van der Waals surface area contributed by atoms with Crippen LogP contribution in [0.3, 0.4) is 0 Å². The number of aliphatic hydroxyl groups excluding tert-OH is 1. The van der Waals surface area contributed by atoms with Gasteiger partial charge in [-0.1, -0.05) is 24.3 Å². The molecular formula is C13H18N2O. The molecule has 0 unspecified atom stereocenters. The van der Waals surface area contributed by atoms with Crippen LogP contribution in [0.15, 0.2) is 24.3 Å². The first kappa shape index (κ1) is 12.7. The molecule has 0 aromatic heterocycles. The van der Waals surface area contributed by atoms with Crippen molar-refractivity contribution in [3.8, 4) is 6.07 Å². The predicted molar refractivity (Wildman–Crippen MR) is 63.5 cm³/mol. The van der Waals surface area contributed by atoms with Gasteiger partial charge in [0.2, 0.25) is 0 Å². The Balaban J connectivity index is 2.19. The molecule has 0 aliphatic heterocycles. The van der Waals surface area contributed by atoms with Crippen LogP contribution in [0, 0.1) is 11.3 Å². The third kappa shape index (κ3) is 4.92. The van der Waals surface area contributed by atoms with E-state index in [0.717, 1.165) is 31.5 Å². The number of benzene rings is 1. The van der Waals surface area contributed by atoms with Crippen LogP contribution in [-0.4, -0.2) is 11.7 Å². The second-order valence-corrected chi connectivity index (χ2v) is 3.77. The summed E-state index contributed by atoms with van der Waals surface area (Å²) in [5.41, 5.74) is 2.13. The van der Waals surface area contributed by atoms with Gasteiger partial charge in [-0.15, -0.1) is 0 Å². The maximum atomic E-state index is 8.98. The van der Waals surface area contributed by atoms with Crippen LogP contribution in [0.25, 0.3) is 0 Å². The van der Waals surface area contributed by atoms with E-state index in [9.17, 15) is 0 Å². The van der Waals surface area contributed by atoms with Gasteiger partial charge in [-0.25, -0.2) is 0 Å². The van der Waals surface area contributed by atoms with Crippen LogP contribution in [-0.2, 0) is 13.2 Å². The average Bonchev–Trinajstić information content (AvgIpc) is 2.34. The van der Waals surface area contributed by atoms with Crippen LogP contribution >= 0.6 is 0 Å². The van der Waals surface area contributed by atoms with Gasteiger partial charge in [0, 0.05) is 13.0 Å². The number of rotatable bonds is 7. The molecule has 16 heavy (non-hydrogen) atoms. The first-order valence-electron chi connectivity index (χ1n) is 5.63. The smallest absolute Gasteiger partial charge is 0.0681 e. The van der Waals surface area contributed by atoms with Crippen LogP contribution < -0.4 is 5.32 Å². The van der Waals surface area contributed by atoms with E-state index >= 15 is 0 Å². The van der Waals surface area contributed by atoms with Crippen molar-refractivity contribution in [1.29, 1.82) is 5.26 Å². The van der Waals surface area contributed by atoms with Crippen molar-refractivity contribution in [1.82, 2.24) is 5.32 Å². The molecule has 0 aliphatic rings. The molecular weight excluding hydrogens is 200 g/mol. The van der Waals surface area contributed by atoms with Crippen molar-refractivity contribution in [3.63, 3.8) is 0 Å². The molecule has 2 N–H and O–H groups in total. The van der Waals surface area contributed by atoms with Crippen LogP contribution in [0.4, 0.5) is 0 Å². The van der Waals surface area contributed by atoms with Crippen LogP contribution in [0.5, 0.6) is 0 Å². The molecule has 3 nitrogen and oxygen atoms in total. The first-order valence-corrected chi connectivity index (χ1v) is 5.63. The molecule has 0 aliphatic carbocycles. The summed E-state index contributed by atoms with van der Waals surface area (Å²) in [5.74, 6) is 0. The molecule has 0 atom stereocenters. The first-order chi connectivity index (χ1) is 7.86. The quantitative estimate of drug-likeness (QED) is 0.688. The Morgan fingerprint density at radius 2 is 2.06 bits per heavy atom.